The Labute approximate surface area is 173 Å². The van der Waals surface area contributed by atoms with Crippen LogP contribution in [0.25, 0.3) is 0 Å². The zero-order valence-electron chi connectivity index (χ0n) is 16.7. The van der Waals surface area contributed by atoms with E-state index in [9.17, 15) is 19.8 Å². The number of carboxylic acids is 2. The number of carboxylic acid groups (broad SMARTS) is 2. The molecule has 1 aliphatic rings. The number of hydrogen-bond donors (Lipinski definition) is 3. The lowest BCUT2D eigenvalue weighted by molar-refractivity contribution is -0.179. The van der Waals surface area contributed by atoms with Crippen LogP contribution in [0.1, 0.15) is 50.6 Å². The fourth-order valence-electron chi connectivity index (χ4n) is 3.32. The minimum absolute atomic E-state index is 0.346. The summed E-state index contributed by atoms with van der Waals surface area (Å²) in [7, 11) is 1.93. The van der Waals surface area contributed by atoms with E-state index in [2.05, 4.69) is 20.6 Å². The number of nitrogens with zero attached hydrogens (tertiary/aromatic N) is 3. The van der Waals surface area contributed by atoms with Gasteiger partial charge in [0.15, 0.2) is 12.2 Å². The first kappa shape index (κ1) is 23.5. The molecule has 0 spiro atoms. The van der Waals surface area contributed by atoms with Crippen LogP contribution < -0.4 is 4.74 Å². The van der Waals surface area contributed by atoms with E-state index < -0.39 is 30.3 Å². The normalized spacial score (nSPS) is 22.2. The van der Waals surface area contributed by atoms with Gasteiger partial charge < -0.3 is 29.7 Å². The quantitative estimate of drug-likeness (QED) is 0.413. The number of aliphatic carboxylic acids is 2. The van der Waals surface area contributed by atoms with Gasteiger partial charge in [0.25, 0.3) is 0 Å². The largest absolute Gasteiger partial charge is 0.479 e. The van der Waals surface area contributed by atoms with Gasteiger partial charge in [0.05, 0.1) is 24.4 Å². The first-order chi connectivity index (χ1) is 13.8. The molecule has 1 aromatic heterocycles. The summed E-state index contributed by atoms with van der Waals surface area (Å²) in [5, 5.41) is 28.0. The summed E-state index contributed by atoms with van der Waals surface area (Å²) in [5.74, 6) is -3.11. The minimum atomic E-state index is -2.16. The number of rotatable bonds is 12. The maximum atomic E-state index is 11.5. The molecule has 3 N–H and O–H groups in total. The molecule has 10 nitrogen and oxygen atoms in total. The number of aromatic nitrogens is 2. The molecule has 11 heteroatoms. The van der Waals surface area contributed by atoms with Crippen molar-refractivity contribution in [2.45, 2.75) is 63.3 Å². The lowest BCUT2D eigenvalue weighted by Gasteiger charge is -2.37. The fourth-order valence-corrected chi connectivity index (χ4v) is 3.88. The van der Waals surface area contributed by atoms with Gasteiger partial charge >= 0.3 is 11.9 Å². The number of unbranched alkanes of at least 4 members (excludes halogenated alkanes) is 3. The highest BCUT2D eigenvalue weighted by molar-refractivity contribution is 6.99. The Kier molecular flexibility index (Phi) is 9.21. The molecule has 0 saturated carbocycles. The molecule has 0 amide bonds. The molecule has 0 radical (unpaired) electrons. The monoisotopic (exact) mass is 431 g/mol. The molecule has 164 valence electrons. The van der Waals surface area contributed by atoms with Crippen molar-refractivity contribution < 1.29 is 34.4 Å². The highest BCUT2D eigenvalue weighted by Crippen LogP contribution is 2.34. The highest BCUT2D eigenvalue weighted by atomic mass is 32.1. The van der Waals surface area contributed by atoms with E-state index in [1.54, 1.807) is 0 Å². The van der Waals surface area contributed by atoms with E-state index in [1.807, 2.05) is 7.05 Å². The summed E-state index contributed by atoms with van der Waals surface area (Å²) in [6, 6.07) is 0. The number of hydrogen-bond acceptors (Lipinski definition) is 9. The fraction of sp³-hybridized carbons (Fsp3) is 0.778. The smallest absolute Gasteiger partial charge is 0.336 e. The number of likely N-dealkylation sites (N-methyl/N-ethyl adjacent to an activating group) is 1. The summed E-state index contributed by atoms with van der Waals surface area (Å²) in [6.07, 6.45) is 0.0404. The van der Waals surface area contributed by atoms with Crippen molar-refractivity contribution in [1.29, 1.82) is 0 Å². The molecule has 0 bridgehead atoms. The summed E-state index contributed by atoms with van der Waals surface area (Å²) in [4.78, 5) is 24.6. The van der Waals surface area contributed by atoms with Gasteiger partial charge in [-0.05, 0) is 19.9 Å². The molecule has 2 heterocycles. The molecule has 1 aromatic rings. The van der Waals surface area contributed by atoms with Crippen LogP contribution in [0.2, 0.25) is 0 Å². The molecule has 2 unspecified atom stereocenters. The first-order valence-corrected chi connectivity index (χ1v) is 10.5. The number of ether oxygens (including phenoxy) is 2. The van der Waals surface area contributed by atoms with E-state index in [0.29, 0.717) is 37.7 Å². The number of aliphatic hydroxyl groups excluding tert-OH is 1. The second-order valence-electron chi connectivity index (χ2n) is 7.24. The Morgan fingerprint density at radius 3 is 2.66 bits per heavy atom. The van der Waals surface area contributed by atoms with Crippen LogP contribution in [0, 0.1) is 0 Å². The lowest BCUT2D eigenvalue weighted by atomic mass is 9.91. The first-order valence-electron chi connectivity index (χ1n) is 9.78. The number of likely N-dealkylation sites (tertiary alicyclic amines) is 1. The summed E-state index contributed by atoms with van der Waals surface area (Å²) in [5.41, 5.74) is 0.580. The van der Waals surface area contributed by atoms with Gasteiger partial charge in [0.2, 0.25) is 5.88 Å². The van der Waals surface area contributed by atoms with Crippen molar-refractivity contribution >= 4 is 23.7 Å². The van der Waals surface area contributed by atoms with Crippen molar-refractivity contribution in [3.05, 3.63) is 5.69 Å². The van der Waals surface area contributed by atoms with Gasteiger partial charge in [-0.2, -0.15) is 4.37 Å². The third kappa shape index (κ3) is 6.59. The minimum Gasteiger partial charge on any atom is -0.479 e. The average molecular weight is 432 g/mol. The van der Waals surface area contributed by atoms with Crippen LogP contribution >= 0.6 is 11.7 Å². The van der Waals surface area contributed by atoms with E-state index in [0.717, 1.165) is 37.4 Å². The Morgan fingerprint density at radius 1 is 1.24 bits per heavy atom. The third-order valence-electron chi connectivity index (χ3n) is 4.93. The topological polar surface area (TPSA) is 142 Å². The molecule has 0 aliphatic carbocycles. The van der Waals surface area contributed by atoms with Gasteiger partial charge in [0, 0.05) is 19.0 Å². The number of carbonyl (C=O) groups is 2. The van der Waals surface area contributed by atoms with Gasteiger partial charge in [-0.3, -0.25) is 0 Å². The van der Waals surface area contributed by atoms with Crippen LogP contribution in [-0.2, 0) is 14.3 Å². The van der Waals surface area contributed by atoms with Gasteiger partial charge in [-0.1, -0.05) is 26.2 Å². The van der Waals surface area contributed by atoms with Crippen molar-refractivity contribution in [2.75, 3.05) is 26.7 Å². The van der Waals surface area contributed by atoms with Crippen LogP contribution in [0.3, 0.4) is 0 Å². The average Bonchev–Trinajstić information content (AvgIpc) is 3.14. The van der Waals surface area contributed by atoms with Crippen molar-refractivity contribution in [2.24, 2.45) is 0 Å². The molecule has 1 aliphatic heterocycles. The van der Waals surface area contributed by atoms with Crippen LogP contribution in [-0.4, -0.2) is 86.0 Å². The summed E-state index contributed by atoms with van der Waals surface area (Å²) < 4.78 is 20.0. The van der Waals surface area contributed by atoms with Crippen LogP contribution in [0.5, 0.6) is 5.88 Å². The molecular weight excluding hydrogens is 402 g/mol. The molecule has 4 atom stereocenters. The Balaban J connectivity index is 2.13. The predicted molar refractivity (Wildman–Crippen MR) is 104 cm³/mol. The molecule has 29 heavy (non-hydrogen) atoms. The van der Waals surface area contributed by atoms with E-state index in [4.69, 9.17) is 14.6 Å². The molecule has 0 aromatic carbocycles. The van der Waals surface area contributed by atoms with Gasteiger partial charge in [0.1, 0.15) is 5.69 Å². The zero-order valence-corrected chi connectivity index (χ0v) is 17.5. The summed E-state index contributed by atoms with van der Waals surface area (Å²) >= 11 is 1.01. The van der Waals surface area contributed by atoms with Gasteiger partial charge in [-0.25, -0.2) is 9.59 Å². The predicted octanol–water partition coefficient (Wildman–Crippen LogP) is 1.20. The van der Waals surface area contributed by atoms with Crippen LogP contribution in [0.15, 0.2) is 0 Å². The summed E-state index contributed by atoms with van der Waals surface area (Å²) in [6.45, 7) is 3.82. The van der Waals surface area contributed by atoms with E-state index in [1.165, 1.54) is 0 Å². The standard InChI is InChI=1S/C18H29N3O7S/c1-3-4-5-6-9-27-16-13(19-29-20-16)11-10-21(2)8-7-12(11)28-15(18(25)26)14(22)17(23)24/h11-12,14-15,22H,3-10H2,1-2H3,(H,23,24)(H,25,26)/t11?,12?,14-,15-/m0/s1. The second kappa shape index (κ2) is 11.4. The Bertz CT molecular complexity index is 672. The highest BCUT2D eigenvalue weighted by Gasteiger charge is 2.41. The van der Waals surface area contributed by atoms with Crippen LogP contribution in [0.4, 0.5) is 0 Å². The van der Waals surface area contributed by atoms with Crippen molar-refractivity contribution in [3.63, 3.8) is 0 Å². The Hall–Kier alpha value is -1.82. The van der Waals surface area contributed by atoms with Gasteiger partial charge in [-0.15, -0.1) is 4.37 Å². The zero-order chi connectivity index (χ0) is 21.4. The molecule has 1 fully saturated rings. The molecule has 1 saturated heterocycles. The molecular formula is C18H29N3O7S. The number of piperidine rings is 1. The third-order valence-corrected chi connectivity index (χ3v) is 5.45. The van der Waals surface area contributed by atoms with Crippen molar-refractivity contribution in [1.82, 2.24) is 13.6 Å². The lowest BCUT2D eigenvalue weighted by Crippen LogP contribution is -2.48. The SMILES string of the molecule is CCCCCCOc1nsnc1C1CN(C)CCC1O[C@H](C(=O)O)[C@H](O)C(=O)O. The maximum Gasteiger partial charge on any atom is 0.336 e. The molecule has 2 rings (SSSR count). The maximum absolute atomic E-state index is 11.5. The van der Waals surface area contributed by atoms with E-state index in [-0.39, 0.29) is 5.92 Å². The van der Waals surface area contributed by atoms with E-state index >= 15 is 0 Å². The second-order valence-corrected chi connectivity index (χ2v) is 7.77. The Morgan fingerprint density at radius 2 is 2.00 bits per heavy atom. The number of aliphatic hydroxyl groups is 1. The van der Waals surface area contributed by atoms with Crippen molar-refractivity contribution in [3.8, 4) is 5.88 Å².